The number of hydrogen-bond acceptors (Lipinski definition) is 4. The zero-order valence-corrected chi connectivity index (χ0v) is 27.4. The first-order valence-electron chi connectivity index (χ1n) is 15.3. The summed E-state index contributed by atoms with van der Waals surface area (Å²) in [7, 11) is 0. The van der Waals surface area contributed by atoms with Gasteiger partial charge in [0.05, 0.1) is 0 Å². The molecule has 4 heteroatoms. The maximum Gasteiger partial charge on any atom is 0.0499 e. The summed E-state index contributed by atoms with van der Waals surface area (Å²) in [6.45, 7) is 9.44. The highest BCUT2D eigenvalue weighted by Crippen LogP contribution is 2.51. The predicted octanol–water partition coefficient (Wildman–Crippen LogP) is 13.5. The molecule has 2 unspecified atom stereocenters. The summed E-state index contributed by atoms with van der Waals surface area (Å²) in [6, 6.07) is 9.15. The largest absolute Gasteiger partial charge is 0.143 e. The van der Waals surface area contributed by atoms with Gasteiger partial charge in [-0.05, 0) is 71.5 Å². The lowest BCUT2D eigenvalue weighted by atomic mass is 9.92. The first-order valence-corrected chi connectivity index (χ1v) is 18.7. The lowest BCUT2D eigenvalue weighted by Crippen LogP contribution is -2.00. The molecule has 0 spiro atoms. The van der Waals surface area contributed by atoms with Crippen LogP contribution >= 0.6 is 45.3 Å². The molecule has 4 aromatic rings. The van der Waals surface area contributed by atoms with E-state index in [1.165, 1.54) is 99.6 Å². The highest BCUT2D eigenvalue weighted by molar-refractivity contribution is 7.33. The Morgan fingerprint density at radius 3 is 1.34 bits per heavy atom. The number of unbranched alkanes of at least 4 members (excludes halogenated alkanes) is 2. The van der Waals surface area contributed by atoms with E-state index in [9.17, 15) is 0 Å². The summed E-state index contributed by atoms with van der Waals surface area (Å²) in [5.41, 5.74) is 3.31. The Balaban J connectivity index is 1.63. The van der Waals surface area contributed by atoms with E-state index in [1.807, 2.05) is 22.7 Å². The third kappa shape index (κ3) is 7.62. The summed E-state index contributed by atoms with van der Waals surface area (Å²) in [4.78, 5) is 6.08. The van der Waals surface area contributed by atoms with Crippen LogP contribution in [0.4, 0.5) is 0 Å². The molecular weight excluding hydrogens is 537 g/mol. The van der Waals surface area contributed by atoms with E-state index in [4.69, 9.17) is 0 Å². The van der Waals surface area contributed by atoms with Gasteiger partial charge < -0.3 is 0 Å². The summed E-state index contributed by atoms with van der Waals surface area (Å²) in [5, 5.41) is 4.51. The summed E-state index contributed by atoms with van der Waals surface area (Å²) in [5.74, 6) is 1.79. The first kappa shape index (κ1) is 30.0. The highest BCUT2D eigenvalue weighted by atomic mass is 32.1. The molecule has 0 aliphatic heterocycles. The van der Waals surface area contributed by atoms with Gasteiger partial charge in [0.2, 0.25) is 0 Å². The van der Waals surface area contributed by atoms with E-state index in [2.05, 4.69) is 85.4 Å². The lowest BCUT2D eigenvalue weighted by molar-refractivity contribution is 0.410. The van der Waals surface area contributed by atoms with Crippen molar-refractivity contribution in [3.05, 3.63) is 46.2 Å². The second-order valence-corrected chi connectivity index (χ2v) is 15.0. The van der Waals surface area contributed by atoms with Gasteiger partial charge in [0.25, 0.3) is 0 Å². The molecule has 0 radical (unpaired) electrons. The average Bonchev–Trinajstić information content (AvgIpc) is 3.74. The third-order valence-corrected chi connectivity index (χ3v) is 13.2. The molecule has 4 aromatic heterocycles. The Morgan fingerprint density at radius 2 is 1.00 bits per heavy atom. The molecule has 38 heavy (non-hydrogen) atoms. The van der Waals surface area contributed by atoms with Gasteiger partial charge in [0, 0.05) is 28.9 Å². The zero-order valence-electron chi connectivity index (χ0n) is 24.2. The quantitative estimate of drug-likeness (QED) is 0.109. The fourth-order valence-corrected chi connectivity index (χ4v) is 10.7. The Bertz CT molecular complexity index is 1080. The second-order valence-electron chi connectivity index (χ2n) is 11.0. The van der Waals surface area contributed by atoms with Crippen LogP contribution < -0.4 is 0 Å². The second kappa shape index (κ2) is 15.7. The van der Waals surface area contributed by atoms with Crippen LogP contribution in [0, 0.1) is 11.8 Å². The van der Waals surface area contributed by atoms with Crippen LogP contribution in [-0.2, 0) is 12.8 Å². The zero-order chi connectivity index (χ0) is 26.7. The monoisotopic (exact) mass is 584 g/mol. The van der Waals surface area contributed by atoms with Crippen molar-refractivity contribution in [2.75, 3.05) is 0 Å². The molecule has 0 saturated carbocycles. The molecule has 2 atom stereocenters. The fourth-order valence-electron chi connectivity index (χ4n) is 5.92. The minimum Gasteiger partial charge on any atom is -0.143 e. The molecule has 0 aliphatic rings. The fraction of sp³-hybridized carbons (Fsp3) is 0.588. The number of aryl methyl sites for hydroxylation is 2. The van der Waals surface area contributed by atoms with Crippen molar-refractivity contribution in [1.29, 1.82) is 0 Å². The van der Waals surface area contributed by atoms with Crippen molar-refractivity contribution in [3.8, 4) is 19.5 Å². The number of fused-ring (bicyclic) bond motifs is 1. The van der Waals surface area contributed by atoms with Gasteiger partial charge in [-0.25, -0.2) is 0 Å². The van der Waals surface area contributed by atoms with Crippen molar-refractivity contribution in [2.24, 2.45) is 11.8 Å². The third-order valence-electron chi connectivity index (χ3n) is 8.37. The molecule has 4 rings (SSSR count). The summed E-state index contributed by atoms with van der Waals surface area (Å²) < 4.78 is 3.22. The van der Waals surface area contributed by atoms with Crippen LogP contribution in [0.2, 0.25) is 0 Å². The Morgan fingerprint density at radius 1 is 0.579 bits per heavy atom. The van der Waals surface area contributed by atoms with E-state index < -0.39 is 0 Å². The number of hydrogen-bond donors (Lipinski definition) is 0. The van der Waals surface area contributed by atoms with Gasteiger partial charge in [0.15, 0.2) is 0 Å². The first-order chi connectivity index (χ1) is 18.7. The predicted molar refractivity (Wildman–Crippen MR) is 179 cm³/mol. The van der Waals surface area contributed by atoms with Crippen LogP contribution in [0.1, 0.15) is 116 Å². The molecule has 0 fully saturated rings. The molecule has 4 heterocycles. The normalized spacial score (nSPS) is 13.5. The Labute approximate surface area is 248 Å². The van der Waals surface area contributed by atoms with Gasteiger partial charge >= 0.3 is 0 Å². The molecular formula is C34H48S4. The summed E-state index contributed by atoms with van der Waals surface area (Å²) >= 11 is 8.06. The Kier molecular flexibility index (Phi) is 12.4. The van der Waals surface area contributed by atoms with Crippen LogP contribution in [0.25, 0.3) is 28.9 Å². The van der Waals surface area contributed by atoms with Gasteiger partial charge in [-0.2, -0.15) is 0 Å². The SMILES string of the molecule is CCCCC(CC)CCCc1c(-c2cccs2)sc2c(CCCC(CC)CCCC)c(-c3cccs3)sc12. The molecule has 0 aromatic carbocycles. The Hall–Kier alpha value is -0.940. The van der Waals surface area contributed by atoms with Gasteiger partial charge in [-0.15, -0.1) is 45.3 Å². The van der Waals surface area contributed by atoms with Crippen LogP contribution in [0.5, 0.6) is 0 Å². The average molecular weight is 585 g/mol. The molecule has 0 amide bonds. The van der Waals surface area contributed by atoms with Crippen LogP contribution in [-0.4, -0.2) is 0 Å². The summed E-state index contributed by atoms with van der Waals surface area (Å²) in [6.07, 6.45) is 18.8. The van der Waals surface area contributed by atoms with E-state index in [-0.39, 0.29) is 0 Å². The standard InChI is InChI=1S/C34H48S4/c1-5-9-15-25(7-3)17-11-19-27-31(29-21-13-23-35-29)37-34-28(20-12-18-26(8-4)16-10-6-2)32(38-33(27)34)30-22-14-24-36-30/h13-14,21-26H,5-12,15-20H2,1-4H3. The maximum absolute atomic E-state index is 2.39. The molecule has 208 valence electrons. The molecule has 0 saturated heterocycles. The molecule has 0 bridgehead atoms. The molecule has 0 aliphatic carbocycles. The van der Waals surface area contributed by atoms with E-state index in [1.54, 1.807) is 30.3 Å². The van der Waals surface area contributed by atoms with E-state index in [0.717, 1.165) is 11.8 Å². The topological polar surface area (TPSA) is 0 Å². The minimum absolute atomic E-state index is 0.897. The van der Waals surface area contributed by atoms with Gasteiger partial charge in [0.1, 0.15) is 0 Å². The van der Waals surface area contributed by atoms with Crippen LogP contribution in [0.3, 0.4) is 0 Å². The smallest absolute Gasteiger partial charge is 0.0499 e. The van der Waals surface area contributed by atoms with Crippen molar-refractivity contribution in [3.63, 3.8) is 0 Å². The number of rotatable bonds is 18. The lowest BCUT2D eigenvalue weighted by Gasteiger charge is -2.14. The number of thiophene rings is 4. The van der Waals surface area contributed by atoms with Crippen molar-refractivity contribution < 1.29 is 0 Å². The van der Waals surface area contributed by atoms with E-state index >= 15 is 0 Å². The van der Waals surface area contributed by atoms with Crippen molar-refractivity contribution in [2.45, 2.75) is 118 Å². The van der Waals surface area contributed by atoms with E-state index in [0.29, 0.717) is 0 Å². The van der Waals surface area contributed by atoms with Crippen LogP contribution in [0.15, 0.2) is 35.0 Å². The van der Waals surface area contributed by atoms with Crippen molar-refractivity contribution >= 4 is 54.7 Å². The highest BCUT2D eigenvalue weighted by Gasteiger charge is 2.23. The van der Waals surface area contributed by atoms with Gasteiger partial charge in [-0.3, -0.25) is 0 Å². The molecule has 0 N–H and O–H groups in total. The van der Waals surface area contributed by atoms with Crippen molar-refractivity contribution in [1.82, 2.24) is 0 Å². The maximum atomic E-state index is 2.39. The minimum atomic E-state index is 0.897. The van der Waals surface area contributed by atoms with Gasteiger partial charge in [-0.1, -0.05) is 104 Å². The molecule has 0 nitrogen and oxygen atoms in total.